The summed E-state index contributed by atoms with van der Waals surface area (Å²) in [6, 6.07) is 0. The van der Waals surface area contributed by atoms with Crippen molar-refractivity contribution >= 4 is 56.0 Å². The molecular formula is CHI3O11. The molecule has 0 atom stereocenters. The monoisotopic (exact) mass is 570 g/mol. The summed E-state index contributed by atoms with van der Waals surface area (Å²) >= 11 is 2.42. The van der Waals surface area contributed by atoms with Gasteiger partial charge in [0.05, 0.1) is 0 Å². The Hall–Kier alpha value is 1.30. The van der Waals surface area contributed by atoms with Crippen LogP contribution in [-0.2, 0) is 53.2 Å². The molecule has 0 bridgehead atoms. The van der Waals surface area contributed by atoms with Crippen LogP contribution in [0, 0.1) is 0 Å². The zero-order valence-electron chi connectivity index (χ0n) is 6.20. The predicted molar refractivity (Wildman–Crippen MR) is 59.0 cm³/mol. The number of hydrogen-bond acceptors (Lipinski definition) is 11. The Morgan fingerprint density at radius 3 is 1.73 bits per heavy atom. The SMILES string of the molecule is O=COOOOOOOOOOI(I)I. The maximum atomic E-state index is 9.44. The fourth-order valence-electron chi connectivity index (χ4n) is 0.130. The molecule has 15 heavy (non-hydrogen) atoms. The van der Waals surface area contributed by atoms with E-state index in [1.807, 2.05) is 37.2 Å². The van der Waals surface area contributed by atoms with Crippen LogP contribution in [0.25, 0.3) is 0 Å². The molecule has 0 rings (SSSR count). The molecule has 11 nitrogen and oxygen atoms in total. The quantitative estimate of drug-likeness (QED) is 0.119. The third-order valence-electron chi connectivity index (χ3n) is 0.346. The third-order valence-corrected chi connectivity index (χ3v) is 2.59. The van der Waals surface area contributed by atoms with E-state index in [0.29, 0.717) is 0 Å². The molecule has 92 valence electrons. The van der Waals surface area contributed by atoms with Crippen molar-refractivity contribution in [2.24, 2.45) is 0 Å². The van der Waals surface area contributed by atoms with Gasteiger partial charge in [-0.3, -0.25) is 0 Å². The summed E-state index contributed by atoms with van der Waals surface area (Å²) < 4.78 is 4.49. The van der Waals surface area contributed by atoms with E-state index >= 15 is 0 Å². The van der Waals surface area contributed by atoms with E-state index in [1.165, 1.54) is 0 Å². The Kier molecular flexibility index (Phi) is 14.5. The summed E-state index contributed by atoms with van der Waals surface area (Å²) in [7, 11) is 0. The van der Waals surface area contributed by atoms with Gasteiger partial charge in [0.25, 0.3) is 0 Å². The first kappa shape index (κ1) is 16.3. The Morgan fingerprint density at radius 1 is 0.800 bits per heavy atom. The molecule has 0 fully saturated rings. The van der Waals surface area contributed by atoms with Crippen LogP contribution in [0.3, 0.4) is 0 Å². The van der Waals surface area contributed by atoms with Crippen LogP contribution in [0.15, 0.2) is 0 Å². The fourth-order valence-corrected chi connectivity index (χ4v) is 1.05. The van der Waals surface area contributed by atoms with E-state index in [9.17, 15) is 4.79 Å². The Morgan fingerprint density at radius 2 is 1.27 bits per heavy atom. The number of rotatable bonds is 11. The van der Waals surface area contributed by atoms with Gasteiger partial charge in [0.1, 0.15) is 0 Å². The summed E-state index contributed by atoms with van der Waals surface area (Å²) in [6.07, 6.45) is 0. The maximum absolute atomic E-state index is 9.44. The van der Waals surface area contributed by atoms with Gasteiger partial charge < -0.3 is 0 Å². The second-order valence-corrected chi connectivity index (χ2v) is 22.7. The van der Waals surface area contributed by atoms with Crippen molar-refractivity contribution in [2.45, 2.75) is 0 Å². The second kappa shape index (κ2) is 13.4. The average Bonchev–Trinajstić information content (AvgIpc) is 2.20. The summed E-state index contributed by atoms with van der Waals surface area (Å²) in [5.74, 6) is 0. The summed E-state index contributed by atoms with van der Waals surface area (Å²) in [5.41, 5.74) is 0. The molecule has 0 saturated heterocycles. The van der Waals surface area contributed by atoms with Gasteiger partial charge in [-0.1, -0.05) is 0 Å². The standard InChI is InChI=1S/CHI3O11/c2-4(3)7-9-11-13-15-14-12-10-8-6-1-5/h1H. The Labute approximate surface area is 108 Å². The van der Waals surface area contributed by atoms with Gasteiger partial charge in [-0.25, -0.2) is 0 Å². The van der Waals surface area contributed by atoms with Crippen LogP contribution in [0.5, 0.6) is 0 Å². The second-order valence-electron chi connectivity index (χ2n) is 0.970. The van der Waals surface area contributed by atoms with Gasteiger partial charge in [-0.15, -0.1) is 0 Å². The first-order valence-electron chi connectivity index (χ1n) is 2.41. The molecule has 0 saturated carbocycles. The van der Waals surface area contributed by atoms with Crippen LogP contribution in [-0.4, -0.2) is 6.47 Å². The summed E-state index contributed by atoms with van der Waals surface area (Å²) in [5, 5.41) is 29.1. The van der Waals surface area contributed by atoms with Crippen LogP contribution in [0.4, 0.5) is 0 Å². The minimum absolute atomic E-state index is 0.0795. The Balaban J connectivity index is 2.89. The number of hydrogen-bond donors (Lipinski definition) is 0. The van der Waals surface area contributed by atoms with Crippen molar-refractivity contribution < 1.29 is 53.2 Å². The first-order chi connectivity index (χ1) is 7.27. The molecule has 0 heterocycles. The molecule has 0 N–H and O–H groups in total. The van der Waals surface area contributed by atoms with Gasteiger partial charge in [-0.05, 0) is 0 Å². The third kappa shape index (κ3) is 15.3. The van der Waals surface area contributed by atoms with Gasteiger partial charge in [0, 0.05) is 0 Å². The molecule has 0 radical (unpaired) electrons. The number of carbonyl (C=O) groups is 1. The zero-order chi connectivity index (χ0) is 11.4. The molecule has 0 aliphatic carbocycles. The van der Waals surface area contributed by atoms with Crippen LogP contribution < -0.4 is 0 Å². The fraction of sp³-hybridized carbons (Fsp3) is 0. The van der Waals surface area contributed by atoms with E-state index in [4.69, 9.17) is 0 Å². The molecule has 0 aromatic carbocycles. The summed E-state index contributed by atoms with van der Waals surface area (Å²) in [6.45, 7) is -0.0795. The van der Waals surface area contributed by atoms with Crippen molar-refractivity contribution in [3.8, 4) is 0 Å². The molecule has 0 aliphatic rings. The molecule has 0 amide bonds. The normalized spacial score (nSPS) is 11.2. The van der Waals surface area contributed by atoms with Gasteiger partial charge >= 0.3 is 109 Å². The van der Waals surface area contributed by atoms with E-state index in [2.05, 4.69) is 48.4 Å². The van der Waals surface area contributed by atoms with Crippen LogP contribution >= 0.6 is 49.5 Å². The zero-order valence-corrected chi connectivity index (χ0v) is 12.7. The van der Waals surface area contributed by atoms with Gasteiger partial charge in [0.15, 0.2) is 0 Å². The minimum atomic E-state index is -1.60. The van der Waals surface area contributed by atoms with Crippen LogP contribution in [0.2, 0.25) is 0 Å². The molecule has 0 aromatic heterocycles. The van der Waals surface area contributed by atoms with E-state index < -0.39 is 12.3 Å². The van der Waals surface area contributed by atoms with Gasteiger partial charge in [0.2, 0.25) is 0 Å². The molecular weight excluding hydrogens is 569 g/mol. The molecule has 0 aromatic rings. The molecule has 0 spiro atoms. The molecule has 0 aliphatic heterocycles. The van der Waals surface area contributed by atoms with E-state index in [1.54, 1.807) is 0 Å². The molecule has 14 heteroatoms. The van der Waals surface area contributed by atoms with Crippen LogP contribution in [0.1, 0.15) is 0 Å². The van der Waals surface area contributed by atoms with Crippen molar-refractivity contribution in [2.75, 3.05) is 0 Å². The molecule has 0 unspecified atom stereocenters. The predicted octanol–water partition coefficient (Wildman–Crippen LogP) is 1.67. The van der Waals surface area contributed by atoms with Crippen molar-refractivity contribution in [1.29, 1.82) is 0 Å². The number of carbonyl (C=O) groups excluding carboxylic acids is 1. The topological polar surface area (TPSA) is 109 Å². The van der Waals surface area contributed by atoms with Crippen molar-refractivity contribution in [3.63, 3.8) is 0 Å². The number of halogens is 3. The van der Waals surface area contributed by atoms with Gasteiger partial charge in [-0.2, -0.15) is 0 Å². The first-order valence-corrected chi connectivity index (χ1v) is 15.9. The summed E-state index contributed by atoms with van der Waals surface area (Å²) in [4.78, 5) is 13.0. The van der Waals surface area contributed by atoms with E-state index in [0.717, 1.165) is 0 Å². The average molecular weight is 570 g/mol. The van der Waals surface area contributed by atoms with Crippen molar-refractivity contribution in [3.05, 3.63) is 0 Å². The van der Waals surface area contributed by atoms with E-state index in [-0.39, 0.29) is 6.47 Å². The Bertz CT molecular complexity index is 140. The van der Waals surface area contributed by atoms with Crippen molar-refractivity contribution in [1.82, 2.24) is 0 Å².